The SMILES string of the molecule is CCCCC=CCCCCCCCCCCC=CCCCC. The summed E-state index contributed by atoms with van der Waals surface area (Å²) in [6.45, 7) is 4.52. The van der Waals surface area contributed by atoms with E-state index in [0.717, 1.165) is 0 Å². The number of hydrogen-bond acceptors (Lipinski definition) is 0. The van der Waals surface area contributed by atoms with E-state index < -0.39 is 0 Å². The molecular formula is C22H42. The summed E-state index contributed by atoms with van der Waals surface area (Å²) in [6, 6.07) is 0. The minimum atomic E-state index is 1.28. The minimum Gasteiger partial charge on any atom is -0.0885 e. The molecule has 0 amide bonds. The van der Waals surface area contributed by atoms with Crippen LogP contribution in [0.1, 0.15) is 117 Å². The average molecular weight is 307 g/mol. The molecule has 0 saturated carbocycles. The highest BCUT2D eigenvalue weighted by atomic mass is 14.0. The van der Waals surface area contributed by atoms with Crippen LogP contribution in [-0.4, -0.2) is 0 Å². The Morgan fingerprint density at radius 1 is 0.364 bits per heavy atom. The Labute approximate surface area is 141 Å². The maximum absolute atomic E-state index is 2.39. The molecule has 0 aliphatic rings. The van der Waals surface area contributed by atoms with Gasteiger partial charge >= 0.3 is 0 Å². The second kappa shape index (κ2) is 20.5. The van der Waals surface area contributed by atoms with E-state index >= 15 is 0 Å². The molecule has 0 saturated heterocycles. The number of allylic oxidation sites excluding steroid dienone is 4. The summed E-state index contributed by atoms with van der Waals surface area (Å²) in [4.78, 5) is 0. The van der Waals surface area contributed by atoms with Gasteiger partial charge in [-0.15, -0.1) is 0 Å². The van der Waals surface area contributed by atoms with Crippen molar-refractivity contribution in [1.29, 1.82) is 0 Å². The molecule has 22 heavy (non-hydrogen) atoms. The van der Waals surface area contributed by atoms with Gasteiger partial charge in [0.1, 0.15) is 0 Å². The van der Waals surface area contributed by atoms with Gasteiger partial charge in [0.2, 0.25) is 0 Å². The van der Waals surface area contributed by atoms with Gasteiger partial charge in [-0.05, 0) is 38.5 Å². The number of hydrogen-bond donors (Lipinski definition) is 0. The summed E-state index contributed by atoms with van der Waals surface area (Å²) in [5.74, 6) is 0. The summed E-state index contributed by atoms with van der Waals surface area (Å²) >= 11 is 0. The van der Waals surface area contributed by atoms with Crippen molar-refractivity contribution in [3.8, 4) is 0 Å². The van der Waals surface area contributed by atoms with Crippen molar-refractivity contribution < 1.29 is 0 Å². The smallest absolute Gasteiger partial charge is 0.0351 e. The van der Waals surface area contributed by atoms with Gasteiger partial charge in [0.05, 0.1) is 0 Å². The number of unbranched alkanes of at least 4 members (excludes halogenated alkanes) is 13. The molecule has 0 heteroatoms. The van der Waals surface area contributed by atoms with Gasteiger partial charge in [0.15, 0.2) is 0 Å². The van der Waals surface area contributed by atoms with E-state index in [2.05, 4.69) is 38.2 Å². The van der Waals surface area contributed by atoms with Crippen molar-refractivity contribution in [3.05, 3.63) is 24.3 Å². The third kappa shape index (κ3) is 19.5. The highest BCUT2D eigenvalue weighted by molar-refractivity contribution is 4.81. The lowest BCUT2D eigenvalue weighted by atomic mass is 10.1. The van der Waals surface area contributed by atoms with E-state index in [4.69, 9.17) is 0 Å². The van der Waals surface area contributed by atoms with Crippen LogP contribution in [0.3, 0.4) is 0 Å². The summed E-state index contributed by atoms with van der Waals surface area (Å²) in [5.41, 5.74) is 0. The van der Waals surface area contributed by atoms with E-state index in [1.165, 1.54) is 103 Å². The van der Waals surface area contributed by atoms with Crippen molar-refractivity contribution in [2.75, 3.05) is 0 Å². The predicted molar refractivity (Wildman–Crippen MR) is 104 cm³/mol. The highest BCUT2D eigenvalue weighted by Gasteiger charge is 1.91. The first-order valence-electron chi connectivity index (χ1n) is 10.2. The first-order valence-corrected chi connectivity index (χ1v) is 10.2. The molecule has 0 atom stereocenters. The van der Waals surface area contributed by atoms with Gasteiger partial charge in [0.25, 0.3) is 0 Å². The van der Waals surface area contributed by atoms with Crippen LogP contribution in [0.2, 0.25) is 0 Å². The zero-order valence-corrected chi connectivity index (χ0v) is 15.6. The number of rotatable bonds is 17. The Morgan fingerprint density at radius 2 is 0.636 bits per heavy atom. The predicted octanol–water partition coefficient (Wildman–Crippen LogP) is 8.38. The minimum absolute atomic E-state index is 1.28. The van der Waals surface area contributed by atoms with Crippen LogP contribution in [0.15, 0.2) is 24.3 Å². The third-order valence-corrected chi connectivity index (χ3v) is 4.27. The van der Waals surface area contributed by atoms with Crippen LogP contribution in [0.4, 0.5) is 0 Å². The zero-order valence-electron chi connectivity index (χ0n) is 15.6. The molecule has 0 radical (unpaired) electrons. The molecule has 0 spiro atoms. The molecule has 0 aromatic heterocycles. The molecule has 0 fully saturated rings. The van der Waals surface area contributed by atoms with E-state index in [0.29, 0.717) is 0 Å². The summed E-state index contributed by atoms with van der Waals surface area (Å²) in [7, 11) is 0. The second-order valence-electron chi connectivity index (χ2n) is 6.63. The lowest BCUT2D eigenvalue weighted by molar-refractivity contribution is 0.571. The Hall–Kier alpha value is -0.520. The van der Waals surface area contributed by atoms with Gasteiger partial charge in [-0.2, -0.15) is 0 Å². The molecule has 0 aromatic rings. The highest BCUT2D eigenvalue weighted by Crippen LogP contribution is 2.11. The first kappa shape index (κ1) is 21.5. The van der Waals surface area contributed by atoms with Gasteiger partial charge in [-0.1, -0.05) is 102 Å². The average Bonchev–Trinajstić information content (AvgIpc) is 2.54. The lowest BCUT2D eigenvalue weighted by Crippen LogP contribution is -1.81. The maximum atomic E-state index is 2.39. The third-order valence-electron chi connectivity index (χ3n) is 4.27. The molecule has 0 aliphatic heterocycles. The van der Waals surface area contributed by atoms with E-state index in [-0.39, 0.29) is 0 Å². The van der Waals surface area contributed by atoms with Gasteiger partial charge in [-0.25, -0.2) is 0 Å². The molecule has 0 nitrogen and oxygen atoms in total. The fourth-order valence-corrected chi connectivity index (χ4v) is 2.70. The monoisotopic (exact) mass is 306 g/mol. The lowest BCUT2D eigenvalue weighted by Gasteiger charge is -2.01. The molecule has 0 aliphatic carbocycles. The molecule has 0 aromatic carbocycles. The second-order valence-corrected chi connectivity index (χ2v) is 6.63. The van der Waals surface area contributed by atoms with Gasteiger partial charge in [0, 0.05) is 0 Å². The van der Waals surface area contributed by atoms with E-state index in [1.807, 2.05) is 0 Å². The molecule has 130 valence electrons. The largest absolute Gasteiger partial charge is 0.0885 e. The molecule has 0 bridgehead atoms. The topological polar surface area (TPSA) is 0 Å². The maximum Gasteiger partial charge on any atom is -0.0351 e. The molecule has 0 N–H and O–H groups in total. The Morgan fingerprint density at radius 3 is 0.955 bits per heavy atom. The summed E-state index contributed by atoms with van der Waals surface area (Å²) in [5, 5.41) is 0. The van der Waals surface area contributed by atoms with Crippen LogP contribution in [-0.2, 0) is 0 Å². The van der Waals surface area contributed by atoms with Crippen molar-refractivity contribution in [3.63, 3.8) is 0 Å². The Kier molecular flexibility index (Phi) is 20.0. The van der Waals surface area contributed by atoms with Crippen molar-refractivity contribution in [1.82, 2.24) is 0 Å². The van der Waals surface area contributed by atoms with Crippen LogP contribution < -0.4 is 0 Å². The Balaban J connectivity index is 3.05. The van der Waals surface area contributed by atoms with E-state index in [9.17, 15) is 0 Å². The van der Waals surface area contributed by atoms with Crippen molar-refractivity contribution >= 4 is 0 Å². The van der Waals surface area contributed by atoms with Crippen LogP contribution in [0, 0.1) is 0 Å². The van der Waals surface area contributed by atoms with Crippen LogP contribution >= 0.6 is 0 Å². The summed E-state index contributed by atoms with van der Waals surface area (Å²) < 4.78 is 0. The van der Waals surface area contributed by atoms with Crippen molar-refractivity contribution in [2.24, 2.45) is 0 Å². The summed E-state index contributed by atoms with van der Waals surface area (Å²) in [6.07, 6.45) is 31.5. The molecule has 0 heterocycles. The van der Waals surface area contributed by atoms with Crippen LogP contribution in [0.5, 0.6) is 0 Å². The van der Waals surface area contributed by atoms with Crippen molar-refractivity contribution in [2.45, 2.75) is 117 Å². The quantitative estimate of drug-likeness (QED) is 0.187. The standard InChI is InChI=1S/C22H42/c1-3-5-7-9-11-13-15-17-19-21-22-20-18-16-14-12-10-8-6-4-2/h9-12H,3-8,13-22H2,1-2H3. The molecular weight excluding hydrogens is 264 g/mol. The fourth-order valence-electron chi connectivity index (χ4n) is 2.70. The normalized spacial score (nSPS) is 11.9. The molecule has 0 rings (SSSR count). The van der Waals surface area contributed by atoms with Gasteiger partial charge in [-0.3, -0.25) is 0 Å². The zero-order chi connectivity index (χ0) is 16.1. The van der Waals surface area contributed by atoms with Crippen LogP contribution in [0.25, 0.3) is 0 Å². The fraction of sp³-hybridized carbons (Fsp3) is 0.818. The first-order chi connectivity index (χ1) is 10.9. The molecule has 0 unspecified atom stereocenters. The van der Waals surface area contributed by atoms with E-state index in [1.54, 1.807) is 0 Å². The Bertz CT molecular complexity index is 210. The van der Waals surface area contributed by atoms with Gasteiger partial charge < -0.3 is 0 Å².